The monoisotopic (exact) mass is 350 g/mol. The molecule has 0 amide bonds. The number of halogens is 2. The Balaban J connectivity index is 0.00000220. The number of hydrogen-bond acceptors (Lipinski definition) is 4. The molecule has 6 heteroatoms. The number of nitrogens with one attached hydrogen (secondary N) is 1. The molecule has 0 aromatic heterocycles. The molecule has 3 N–H and O–H groups in total. The number of nitrogens with zero attached hydrogens (tertiary/aromatic N) is 1. The lowest BCUT2D eigenvalue weighted by Gasteiger charge is -2.35. The van der Waals surface area contributed by atoms with Crippen LogP contribution in [-0.4, -0.2) is 41.3 Å². The van der Waals surface area contributed by atoms with Gasteiger partial charge in [-0.25, -0.2) is 0 Å². The fourth-order valence-corrected chi connectivity index (χ4v) is 2.95. The van der Waals surface area contributed by atoms with Crippen molar-refractivity contribution in [2.75, 3.05) is 26.2 Å². The lowest BCUT2D eigenvalue weighted by atomic mass is 9.97. The largest absolute Gasteiger partial charge is 0.508 e. The van der Waals surface area contributed by atoms with Crippen molar-refractivity contribution in [1.82, 2.24) is 10.2 Å². The summed E-state index contributed by atoms with van der Waals surface area (Å²) in [6, 6.07) is 5.27. The van der Waals surface area contributed by atoms with Gasteiger partial charge in [-0.1, -0.05) is 26.2 Å². The highest BCUT2D eigenvalue weighted by atomic mass is 35.5. The average molecular weight is 351 g/mol. The van der Waals surface area contributed by atoms with Gasteiger partial charge < -0.3 is 15.5 Å². The molecule has 2 rings (SSSR count). The molecular formula is C16H28Cl2N2O2. The van der Waals surface area contributed by atoms with E-state index >= 15 is 0 Å². The van der Waals surface area contributed by atoms with E-state index in [2.05, 4.69) is 17.1 Å². The molecular weight excluding hydrogens is 323 g/mol. The van der Waals surface area contributed by atoms with Gasteiger partial charge in [-0.3, -0.25) is 4.90 Å². The molecule has 1 aromatic rings. The Kier molecular flexibility index (Phi) is 10.6. The highest BCUT2D eigenvalue weighted by Gasteiger charge is 2.22. The predicted octanol–water partition coefficient (Wildman–Crippen LogP) is 3.47. The van der Waals surface area contributed by atoms with Crippen molar-refractivity contribution in [2.24, 2.45) is 0 Å². The van der Waals surface area contributed by atoms with Crippen LogP contribution in [-0.2, 0) is 0 Å². The topological polar surface area (TPSA) is 55.7 Å². The number of piperazine rings is 1. The van der Waals surface area contributed by atoms with Crippen molar-refractivity contribution < 1.29 is 10.2 Å². The van der Waals surface area contributed by atoms with Crippen LogP contribution in [0.3, 0.4) is 0 Å². The van der Waals surface area contributed by atoms with Crippen molar-refractivity contribution in [3.8, 4) is 11.5 Å². The quantitative estimate of drug-likeness (QED) is 0.687. The van der Waals surface area contributed by atoms with Crippen LogP contribution in [0.5, 0.6) is 11.5 Å². The number of benzene rings is 1. The lowest BCUT2D eigenvalue weighted by Crippen LogP contribution is -2.45. The summed E-state index contributed by atoms with van der Waals surface area (Å²) in [4.78, 5) is 2.46. The van der Waals surface area contributed by atoms with Gasteiger partial charge in [0, 0.05) is 38.3 Å². The van der Waals surface area contributed by atoms with Gasteiger partial charge in [0.25, 0.3) is 0 Å². The van der Waals surface area contributed by atoms with Gasteiger partial charge >= 0.3 is 0 Å². The first-order valence-electron chi connectivity index (χ1n) is 7.68. The molecule has 0 aliphatic carbocycles. The van der Waals surface area contributed by atoms with Crippen molar-refractivity contribution in [3.63, 3.8) is 0 Å². The maximum atomic E-state index is 9.72. The Morgan fingerprint density at radius 3 is 2.18 bits per heavy atom. The van der Waals surface area contributed by atoms with Crippen LogP contribution < -0.4 is 5.32 Å². The lowest BCUT2D eigenvalue weighted by molar-refractivity contribution is 0.162. The predicted molar refractivity (Wildman–Crippen MR) is 95.6 cm³/mol. The molecule has 22 heavy (non-hydrogen) atoms. The molecule has 0 spiro atoms. The van der Waals surface area contributed by atoms with Gasteiger partial charge in [-0.15, -0.1) is 24.8 Å². The molecule has 0 unspecified atom stereocenters. The van der Waals surface area contributed by atoms with Gasteiger partial charge in [0.1, 0.15) is 11.5 Å². The molecule has 1 fully saturated rings. The third kappa shape index (κ3) is 6.21. The molecule has 0 bridgehead atoms. The van der Waals surface area contributed by atoms with Crippen LogP contribution in [0.1, 0.15) is 44.2 Å². The Labute approximate surface area is 145 Å². The first kappa shape index (κ1) is 21.3. The van der Waals surface area contributed by atoms with Gasteiger partial charge in [-0.2, -0.15) is 0 Å². The molecule has 1 aliphatic heterocycles. The minimum Gasteiger partial charge on any atom is -0.508 e. The maximum Gasteiger partial charge on any atom is 0.119 e. The average Bonchev–Trinajstić information content (AvgIpc) is 2.43. The van der Waals surface area contributed by atoms with Gasteiger partial charge in [-0.05, 0) is 24.1 Å². The van der Waals surface area contributed by atoms with E-state index < -0.39 is 0 Å². The molecule has 1 aromatic carbocycles. The molecule has 0 radical (unpaired) electrons. The van der Waals surface area contributed by atoms with Crippen LogP contribution in [0.2, 0.25) is 0 Å². The van der Waals surface area contributed by atoms with Gasteiger partial charge in [0.2, 0.25) is 0 Å². The van der Waals surface area contributed by atoms with Crippen LogP contribution in [0, 0.1) is 0 Å². The second-order valence-electron chi connectivity index (χ2n) is 5.58. The zero-order valence-electron chi connectivity index (χ0n) is 13.1. The minimum absolute atomic E-state index is 0. The van der Waals surface area contributed by atoms with E-state index in [9.17, 15) is 10.2 Å². The van der Waals surface area contributed by atoms with E-state index in [1.807, 2.05) is 0 Å². The number of phenolic OH excluding ortho intramolecular Hbond substituents is 2. The van der Waals surface area contributed by atoms with Crippen molar-refractivity contribution >= 4 is 24.8 Å². The summed E-state index contributed by atoms with van der Waals surface area (Å²) in [5.41, 5.74) is 1.03. The minimum atomic E-state index is 0. The zero-order valence-corrected chi connectivity index (χ0v) is 14.8. The van der Waals surface area contributed by atoms with Crippen molar-refractivity contribution in [3.05, 3.63) is 23.8 Å². The van der Waals surface area contributed by atoms with Gasteiger partial charge in [0.05, 0.1) is 0 Å². The third-order valence-electron chi connectivity index (χ3n) is 3.98. The van der Waals surface area contributed by atoms with E-state index in [0.29, 0.717) is 6.04 Å². The molecule has 1 heterocycles. The first-order valence-corrected chi connectivity index (χ1v) is 7.68. The maximum absolute atomic E-state index is 9.72. The molecule has 0 saturated carbocycles. The SMILES string of the molecule is CCCCC[C@H](c1cc(O)cc(O)c1)N1CCNCC1.Cl.Cl. The Morgan fingerprint density at radius 1 is 1.05 bits per heavy atom. The standard InChI is InChI=1S/C16H26N2O2.2ClH/c1-2-3-4-5-16(18-8-6-17-7-9-18)13-10-14(19)12-15(20)11-13;;/h10-12,16-17,19-20H,2-9H2,1H3;2*1H/t16-;;/m1../s1. The van der Waals surface area contributed by atoms with Crippen LogP contribution >= 0.6 is 24.8 Å². The summed E-state index contributed by atoms with van der Waals surface area (Å²) in [6.45, 7) is 6.27. The normalized spacial score (nSPS) is 16.4. The smallest absolute Gasteiger partial charge is 0.119 e. The van der Waals surface area contributed by atoms with Crippen molar-refractivity contribution in [1.29, 1.82) is 0 Å². The summed E-state index contributed by atoms with van der Waals surface area (Å²) in [6.07, 6.45) is 4.70. The van der Waals surface area contributed by atoms with Crippen LogP contribution in [0.4, 0.5) is 0 Å². The van der Waals surface area contributed by atoms with E-state index in [0.717, 1.165) is 38.2 Å². The highest BCUT2D eigenvalue weighted by molar-refractivity contribution is 5.85. The Morgan fingerprint density at radius 2 is 1.64 bits per heavy atom. The van der Waals surface area contributed by atoms with Crippen LogP contribution in [0.15, 0.2) is 18.2 Å². The second kappa shape index (κ2) is 10.9. The van der Waals surface area contributed by atoms with Crippen molar-refractivity contribution in [2.45, 2.75) is 38.6 Å². The fourth-order valence-electron chi connectivity index (χ4n) is 2.95. The summed E-state index contributed by atoms with van der Waals surface area (Å²) >= 11 is 0. The molecule has 4 nitrogen and oxygen atoms in total. The number of rotatable bonds is 6. The molecule has 128 valence electrons. The second-order valence-corrected chi connectivity index (χ2v) is 5.58. The fraction of sp³-hybridized carbons (Fsp3) is 0.625. The number of aromatic hydroxyl groups is 2. The molecule has 1 atom stereocenters. The van der Waals surface area contributed by atoms with Crippen LogP contribution in [0.25, 0.3) is 0 Å². The molecule has 1 saturated heterocycles. The van der Waals surface area contributed by atoms with E-state index in [1.54, 1.807) is 12.1 Å². The zero-order chi connectivity index (χ0) is 14.4. The van der Waals surface area contributed by atoms with Gasteiger partial charge in [0.15, 0.2) is 0 Å². The Hall–Kier alpha value is -0.680. The third-order valence-corrected chi connectivity index (χ3v) is 3.98. The van der Waals surface area contributed by atoms with E-state index in [4.69, 9.17) is 0 Å². The van der Waals surface area contributed by atoms with E-state index in [1.165, 1.54) is 25.3 Å². The molecule has 1 aliphatic rings. The first-order chi connectivity index (χ1) is 9.70. The highest BCUT2D eigenvalue weighted by Crippen LogP contribution is 2.32. The summed E-state index contributed by atoms with van der Waals surface area (Å²) in [7, 11) is 0. The summed E-state index contributed by atoms with van der Waals surface area (Å²) < 4.78 is 0. The van der Waals surface area contributed by atoms with E-state index in [-0.39, 0.29) is 36.3 Å². The summed E-state index contributed by atoms with van der Waals surface area (Å²) in [5, 5.41) is 22.8. The number of unbranched alkanes of at least 4 members (excludes halogenated alkanes) is 2. The number of hydrogen-bond donors (Lipinski definition) is 3. The summed E-state index contributed by atoms with van der Waals surface area (Å²) in [5.74, 6) is 0.297. The number of phenols is 2. The Bertz CT molecular complexity index is 406.